The fourth-order valence-electron chi connectivity index (χ4n) is 1.12. The van der Waals surface area contributed by atoms with E-state index >= 15 is 0 Å². The van der Waals surface area contributed by atoms with Gasteiger partial charge in [0.15, 0.2) is 5.78 Å². The summed E-state index contributed by atoms with van der Waals surface area (Å²) in [4.78, 5) is 11.3. The Hall–Kier alpha value is -0.960. The van der Waals surface area contributed by atoms with Crippen molar-refractivity contribution in [1.82, 2.24) is 0 Å². The van der Waals surface area contributed by atoms with Crippen molar-refractivity contribution in [1.29, 1.82) is 0 Å². The minimum absolute atomic E-state index is 0.130. The molecular weight excluding hydrogens is 210 g/mol. The van der Waals surface area contributed by atoms with Gasteiger partial charge >= 0.3 is 0 Å². The molecule has 0 aliphatic carbocycles. The largest absolute Gasteiger partial charge is 0.294 e. The topological polar surface area (TPSA) is 17.1 Å². The number of hydrogen-bond donors (Lipinski definition) is 0. The first-order valence-electron chi connectivity index (χ1n) is 4.17. The van der Waals surface area contributed by atoms with Crippen LogP contribution in [0.3, 0.4) is 0 Å². The second-order valence-corrected chi connectivity index (χ2v) is 3.16. The van der Waals surface area contributed by atoms with Crippen LogP contribution in [0.1, 0.15) is 35.7 Å². The molecule has 0 atom stereocenters. The van der Waals surface area contributed by atoms with Gasteiger partial charge in [-0.15, -0.1) is 0 Å². The van der Waals surface area contributed by atoms with Gasteiger partial charge < -0.3 is 0 Å². The number of ketones is 1. The molecule has 0 radical (unpaired) electrons. The lowest BCUT2D eigenvalue weighted by Crippen LogP contribution is -2.00. The second-order valence-electron chi connectivity index (χ2n) is 2.79. The van der Waals surface area contributed by atoms with Gasteiger partial charge in [-0.05, 0) is 6.07 Å². The van der Waals surface area contributed by atoms with Crippen molar-refractivity contribution in [2.75, 3.05) is 0 Å². The Morgan fingerprint density at radius 1 is 1.50 bits per heavy atom. The van der Waals surface area contributed by atoms with Gasteiger partial charge in [0.25, 0.3) is 6.43 Å². The molecule has 0 bridgehead atoms. The van der Waals surface area contributed by atoms with Crippen LogP contribution in [0.2, 0.25) is 5.02 Å². The summed E-state index contributed by atoms with van der Waals surface area (Å²) >= 11 is 5.68. The summed E-state index contributed by atoms with van der Waals surface area (Å²) in [6.45, 7) is 1.66. The van der Waals surface area contributed by atoms with Crippen molar-refractivity contribution in [3.63, 3.8) is 0 Å². The molecule has 1 aromatic carbocycles. The lowest BCUT2D eigenvalue weighted by Gasteiger charge is -2.06. The molecule has 0 aliphatic heterocycles. The van der Waals surface area contributed by atoms with E-state index in [0.29, 0.717) is 0 Å². The highest BCUT2D eigenvalue weighted by Gasteiger charge is 2.17. The third-order valence-electron chi connectivity index (χ3n) is 1.89. The van der Waals surface area contributed by atoms with E-state index in [1.165, 1.54) is 18.2 Å². The van der Waals surface area contributed by atoms with Crippen molar-refractivity contribution in [3.8, 4) is 0 Å². The summed E-state index contributed by atoms with van der Waals surface area (Å²) in [5, 5.41) is -0.130. The van der Waals surface area contributed by atoms with E-state index in [1.54, 1.807) is 6.92 Å². The van der Waals surface area contributed by atoms with Crippen molar-refractivity contribution in [3.05, 3.63) is 34.3 Å². The first-order chi connectivity index (χ1) is 6.57. The van der Waals surface area contributed by atoms with Gasteiger partial charge in [-0.2, -0.15) is 0 Å². The molecular formula is C10H9ClF2O. The highest BCUT2D eigenvalue weighted by atomic mass is 35.5. The Labute approximate surface area is 85.7 Å². The molecule has 0 spiro atoms. The summed E-state index contributed by atoms with van der Waals surface area (Å²) in [6.07, 6.45) is -2.39. The van der Waals surface area contributed by atoms with Gasteiger partial charge in [-0.25, -0.2) is 8.78 Å². The normalized spacial score (nSPS) is 10.6. The fourth-order valence-corrected chi connectivity index (χ4v) is 1.44. The Balaban J connectivity index is 3.20. The molecule has 14 heavy (non-hydrogen) atoms. The third kappa shape index (κ3) is 2.10. The van der Waals surface area contributed by atoms with E-state index in [0.717, 1.165) is 0 Å². The lowest BCUT2D eigenvalue weighted by molar-refractivity contribution is 0.0988. The SMILES string of the molecule is CCC(=O)c1cccc(C(F)F)c1Cl. The zero-order chi connectivity index (χ0) is 10.7. The Kier molecular flexibility index (Phi) is 3.58. The number of alkyl halides is 2. The Morgan fingerprint density at radius 3 is 2.64 bits per heavy atom. The molecule has 0 aromatic heterocycles. The van der Waals surface area contributed by atoms with Gasteiger partial charge in [0, 0.05) is 17.5 Å². The zero-order valence-corrected chi connectivity index (χ0v) is 8.31. The molecule has 0 amide bonds. The molecule has 1 nitrogen and oxygen atoms in total. The van der Waals surface area contributed by atoms with Crippen LogP contribution in [0.15, 0.2) is 18.2 Å². The van der Waals surface area contributed by atoms with Crippen molar-refractivity contribution >= 4 is 17.4 Å². The molecule has 0 unspecified atom stereocenters. The summed E-state index contributed by atoms with van der Waals surface area (Å²) in [6, 6.07) is 4.09. The molecule has 1 rings (SSSR count). The van der Waals surface area contributed by atoms with Gasteiger partial charge in [0.2, 0.25) is 0 Å². The first-order valence-corrected chi connectivity index (χ1v) is 4.55. The highest BCUT2D eigenvalue weighted by Crippen LogP contribution is 2.30. The van der Waals surface area contributed by atoms with Crippen molar-refractivity contribution in [2.45, 2.75) is 19.8 Å². The van der Waals surface area contributed by atoms with Gasteiger partial charge in [-0.3, -0.25) is 4.79 Å². The minimum atomic E-state index is -2.65. The van der Waals surface area contributed by atoms with Crippen LogP contribution in [-0.4, -0.2) is 5.78 Å². The molecule has 0 saturated heterocycles. The summed E-state index contributed by atoms with van der Waals surface area (Å²) in [7, 11) is 0. The predicted octanol–water partition coefficient (Wildman–Crippen LogP) is 3.87. The highest BCUT2D eigenvalue weighted by molar-refractivity contribution is 6.34. The molecule has 1 aromatic rings. The van der Waals surface area contributed by atoms with E-state index < -0.39 is 6.43 Å². The number of halogens is 3. The first kappa shape index (κ1) is 11.1. The monoisotopic (exact) mass is 218 g/mol. The van der Waals surface area contributed by atoms with Crippen LogP contribution in [0, 0.1) is 0 Å². The Bertz CT molecular complexity index is 350. The second kappa shape index (κ2) is 4.51. The maximum Gasteiger partial charge on any atom is 0.265 e. The van der Waals surface area contributed by atoms with Crippen LogP contribution in [0.25, 0.3) is 0 Å². The van der Waals surface area contributed by atoms with Gasteiger partial charge in [-0.1, -0.05) is 30.7 Å². The Morgan fingerprint density at radius 2 is 2.14 bits per heavy atom. The van der Waals surface area contributed by atoms with Crippen LogP contribution < -0.4 is 0 Å². The number of Topliss-reactive ketones (excluding diaryl/α,β-unsaturated/α-hetero) is 1. The van der Waals surface area contributed by atoms with Crippen LogP contribution >= 0.6 is 11.6 Å². The molecule has 76 valence electrons. The number of hydrogen-bond acceptors (Lipinski definition) is 1. The minimum Gasteiger partial charge on any atom is -0.294 e. The van der Waals surface area contributed by atoms with Gasteiger partial charge in [0.1, 0.15) is 0 Å². The van der Waals surface area contributed by atoms with E-state index in [1.807, 2.05) is 0 Å². The number of carbonyl (C=O) groups is 1. The standard InChI is InChI=1S/C10H9ClF2O/c1-2-8(14)6-4-3-5-7(9(6)11)10(12)13/h3-5,10H,2H2,1H3. The average molecular weight is 219 g/mol. The van der Waals surface area contributed by atoms with Gasteiger partial charge in [0.05, 0.1) is 5.02 Å². The quantitative estimate of drug-likeness (QED) is 0.704. The number of carbonyl (C=O) groups excluding carboxylic acids is 1. The average Bonchev–Trinajstić information content (AvgIpc) is 2.16. The number of benzene rings is 1. The van der Waals surface area contributed by atoms with E-state index in [4.69, 9.17) is 11.6 Å². The molecule has 0 heterocycles. The summed E-state index contributed by atoms with van der Waals surface area (Å²) in [5.74, 6) is -0.225. The van der Waals surface area contributed by atoms with Crippen LogP contribution in [0.5, 0.6) is 0 Å². The molecule has 4 heteroatoms. The molecule has 0 aliphatic rings. The predicted molar refractivity (Wildman–Crippen MR) is 51.0 cm³/mol. The van der Waals surface area contributed by atoms with E-state index in [-0.39, 0.29) is 28.4 Å². The lowest BCUT2D eigenvalue weighted by atomic mass is 10.1. The number of rotatable bonds is 3. The van der Waals surface area contributed by atoms with E-state index in [2.05, 4.69) is 0 Å². The van der Waals surface area contributed by atoms with Crippen molar-refractivity contribution in [2.24, 2.45) is 0 Å². The molecule has 0 saturated carbocycles. The van der Waals surface area contributed by atoms with E-state index in [9.17, 15) is 13.6 Å². The van der Waals surface area contributed by atoms with Crippen molar-refractivity contribution < 1.29 is 13.6 Å². The van der Waals surface area contributed by atoms with Crippen LogP contribution in [-0.2, 0) is 0 Å². The fraction of sp³-hybridized carbons (Fsp3) is 0.300. The zero-order valence-electron chi connectivity index (χ0n) is 7.56. The molecule has 0 N–H and O–H groups in total. The third-order valence-corrected chi connectivity index (χ3v) is 2.31. The maximum absolute atomic E-state index is 12.4. The summed E-state index contributed by atoms with van der Waals surface area (Å²) in [5.41, 5.74) is -0.113. The molecule has 0 fully saturated rings. The summed E-state index contributed by atoms with van der Waals surface area (Å²) < 4.78 is 24.8. The van der Waals surface area contributed by atoms with Crippen LogP contribution in [0.4, 0.5) is 8.78 Å². The maximum atomic E-state index is 12.4. The smallest absolute Gasteiger partial charge is 0.265 e.